The normalized spacial score (nSPS) is 9.60. The third-order valence-electron chi connectivity index (χ3n) is 1.37. The van der Waals surface area contributed by atoms with Crippen molar-refractivity contribution in [3.05, 3.63) is 16.3 Å². The second-order valence-corrected chi connectivity index (χ2v) is 3.49. The van der Waals surface area contributed by atoms with Crippen molar-refractivity contribution in [2.45, 2.75) is 0 Å². The highest BCUT2D eigenvalue weighted by molar-refractivity contribution is 7.18. The Morgan fingerprint density at radius 3 is 2.93 bits per heavy atom. The molecule has 0 unspecified atom stereocenters. The highest BCUT2D eigenvalue weighted by Gasteiger charge is 2.10. The van der Waals surface area contributed by atoms with Crippen LogP contribution in [-0.4, -0.2) is 29.0 Å². The number of aromatic nitrogens is 1. The highest BCUT2D eigenvalue weighted by Crippen LogP contribution is 2.24. The van der Waals surface area contributed by atoms with Crippen LogP contribution < -0.4 is 16.4 Å². The summed E-state index contributed by atoms with van der Waals surface area (Å²) in [6.45, 7) is 0.746. The van der Waals surface area contributed by atoms with Crippen molar-refractivity contribution in [1.82, 2.24) is 10.3 Å². The summed E-state index contributed by atoms with van der Waals surface area (Å²) in [6.07, 6.45) is 1.18. The zero-order valence-electron chi connectivity index (χ0n) is 7.60. The van der Waals surface area contributed by atoms with E-state index in [1.54, 1.807) is 0 Å². The minimum absolute atomic E-state index is 0.0274. The minimum Gasteiger partial charge on any atom is -0.360 e. The first-order valence-electron chi connectivity index (χ1n) is 3.97. The van der Waals surface area contributed by atoms with Crippen LogP contribution in [0, 0.1) is 10.1 Å². The maximum absolute atomic E-state index is 10.3. The molecule has 82 valence electrons. The monoisotopic (exact) mass is 231 g/mol. The average Bonchev–Trinajstić information content (AvgIpc) is 2.60. The second-order valence-electron chi connectivity index (χ2n) is 2.48. The van der Waals surface area contributed by atoms with E-state index in [9.17, 15) is 14.9 Å². The zero-order valence-corrected chi connectivity index (χ0v) is 8.41. The summed E-state index contributed by atoms with van der Waals surface area (Å²) in [5.41, 5.74) is 4.84. The SMILES string of the molecule is NC(=O)NCCNc1ncc([N+](=O)[O-])s1. The lowest BCUT2D eigenvalue weighted by Gasteiger charge is -2.01. The van der Waals surface area contributed by atoms with Crippen molar-refractivity contribution in [2.24, 2.45) is 5.73 Å². The fourth-order valence-electron chi connectivity index (χ4n) is 0.787. The lowest BCUT2D eigenvalue weighted by molar-refractivity contribution is -0.380. The number of carbonyl (C=O) groups excluding carboxylic acids is 1. The van der Waals surface area contributed by atoms with E-state index in [-0.39, 0.29) is 5.00 Å². The number of anilines is 1. The van der Waals surface area contributed by atoms with Crippen molar-refractivity contribution >= 4 is 27.5 Å². The molecule has 0 spiro atoms. The third-order valence-corrected chi connectivity index (χ3v) is 2.28. The summed E-state index contributed by atoms with van der Waals surface area (Å²) < 4.78 is 0. The Morgan fingerprint density at radius 1 is 1.67 bits per heavy atom. The Labute approximate surface area is 88.6 Å². The number of carbonyl (C=O) groups is 1. The van der Waals surface area contributed by atoms with Crippen LogP contribution in [-0.2, 0) is 0 Å². The lowest BCUT2D eigenvalue weighted by atomic mass is 10.6. The Kier molecular flexibility index (Phi) is 3.80. The van der Waals surface area contributed by atoms with Gasteiger partial charge in [-0.15, -0.1) is 0 Å². The standard InChI is InChI=1S/C6H9N5O3S/c7-5(12)8-1-2-9-6-10-3-4(15-6)11(13)14/h3H,1-2H2,(H,9,10)(H3,7,8,12). The third kappa shape index (κ3) is 3.77. The average molecular weight is 231 g/mol. The molecule has 0 bridgehead atoms. The molecule has 0 atom stereocenters. The molecule has 15 heavy (non-hydrogen) atoms. The molecule has 0 aliphatic rings. The molecule has 0 aliphatic heterocycles. The van der Waals surface area contributed by atoms with Gasteiger partial charge in [-0.3, -0.25) is 10.1 Å². The number of nitrogens with two attached hydrogens (primary N) is 1. The molecule has 0 aromatic carbocycles. The van der Waals surface area contributed by atoms with Gasteiger partial charge in [0.1, 0.15) is 6.20 Å². The predicted molar refractivity (Wildman–Crippen MR) is 54.8 cm³/mol. The maximum atomic E-state index is 10.3. The van der Waals surface area contributed by atoms with Gasteiger partial charge in [0.05, 0.1) is 4.92 Å². The van der Waals surface area contributed by atoms with Crippen molar-refractivity contribution in [2.75, 3.05) is 18.4 Å². The van der Waals surface area contributed by atoms with E-state index in [0.717, 1.165) is 11.3 Å². The van der Waals surface area contributed by atoms with Gasteiger partial charge in [-0.1, -0.05) is 0 Å². The molecule has 0 saturated heterocycles. The number of thiazole rings is 1. The second kappa shape index (κ2) is 5.10. The first kappa shape index (κ1) is 11.2. The van der Waals surface area contributed by atoms with Crippen LogP contribution >= 0.6 is 11.3 Å². The van der Waals surface area contributed by atoms with E-state index in [4.69, 9.17) is 5.73 Å². The van der Waals surface area contributed by atoms with Crippen molar-refractivity contribution < 1.29 is 9.72 Å². The topological polar surface area (TPSA) is 123 Å². The zero-order chi connectivity index (χ0) is 11.3. The van der Waals surface area contributed by atoms with Crippen LogP contribution in [0.5, 0.6) is 0 Å². The van der Waals surface area contributed by atoms with Crippen LogP contribution in [0.4, 0.5) is 14.9 Å². The molecule has 4 N–H and O–H groups in total. The summed E-state index contributed by atoms with van der Waals surface area (Å²) in [4.78, 5) is 23.9. The van der Waals surface area contributed by atoms with Gasteiger partial charge in [-0.2, -0.15) is 0 Å². The van der Waals surface area contributed by atoms with Crippen LogP contribution in [0.3, 0.4) is 0 Å². The highest BCUT2D eigenvalue weighted by atomic mass is 32.1. The van der Waals surface area contributed by atoms with E-state index in [1.807, 2.05) is 0 Å². The summed E-state index contributed by atoms with van der Waals surface area (Å²) in [7, 11) is 0. The number of hydrogen-bond acceptors (Lipinski definition) is 6. The molecule has 0 aliphatic carbocycles. The Balaban J connectivity index is 2.31. The molecule has 0 saturated carbocycles. The van der Waals surface area contributed by atoms with E-state index < -0.39 is 11.0 Å². The van der Waals surface area contributed by atoms with Crippen molar-refractivity contribution in [3.8, 4) is 0 Å². The van der Waals surface area contributed by atoms with Crippen LogP contribution in [0.1, 0.15) is 0 Å². The summed E-state index contributed by atoms with van der Waals surface area (Å²) in [5.74, 6) is 0. The number of nitro groups is 1. The van der Waals surface area contributed by atoms with Gasteiger partial charge in [-0.25, -0.2) is 9.78 Å². The molecule has 0 radical (unpaired) electrons. The fourth-order valence-corrected chi connectivity index (χ4v) is 1.44. The molecule has 1 rings (SSSR count). The van der Waals surface area contributed by atoms with Gasteiger partial charge in [0, 0.05) is 13.1 Å². The fraction of sp³-hybridized carbons (Fsp3) is 0.333. The maximum Gasteiger partial charge on any atom is 0.345 e. The molecule has 1 aromatic heterocycles. The number of nitrogens with zero attached hydrogens (tertiary/aromatic N) is 2. The molecular weight excluding hydrogens is 222 g/mol. The molecule has 2 amide bonds. The number of nitrogens with one attached hydrogen (secondary N) is 2. The van der Waals surface area contributed by atoms with Crippen LogP contribution in [0.15, 0.2) is 6.20 Å². The predicted octanol–water partition coefficient (Wildman–Crippen LogP) is 0.132. The van der Waals surface area contributed by atoms with Crippen LogP contribution in [0.2, 0.25) is 0 Å². The summed E-state index contributed by atoms with van der Waals surface area (Å²) >= 11 is 0.935. The van der Waals surface area contributed by atoms with E-state index in [1.165, 1.54) is 6.20 Å². The van der Waals surface area contributed by atoms with E-state index >= 15 is 0 Å². The van der Waals surface area contributed by atoms with Gasteiger partial charge in [0.15, 0.2) is 5.13 Å². The molecule has 9 heteroatoms. The number of rotatable bonds is 5. The molecule has 1 heterocycles. The van der Waals surface area contributed by atoms with Crippen LogP contribution in [0.25, 0.3) is 0 Å². The van der Waals surface area contributed by atoms with Gasteiger partial charge in [-0.05, 0) is 11.3 Å². The van der Waals surface area contributed by atoms with Crippen molar-refractivity contribution in [1.29, 1.82) is 0 Å². The first-order chi connectivity index (χ1) is 7.09. The van der Waals surface area contributed by atoms with Gasteiger partial charge in [0.2, 0.25) is 0 Å². The quantitative estimate of drug-likeness (QED) is 0.377. The van der Waals surface area contributed by atoms with Crippen molar-refractivity contribution in [3.63, 3.8) is 0 Å². The summed E-state index contributed by atoms with van der Waals surface area (Å²) in [6, 6.07) is -0.609. The van der Waals surface area contributed by atoms with Gasteiger partial charge >= 0.3 is 11.0 Å². The number of hydrogen-bond donors (Lipinski definition) is 3. The largest absolute Gasteiger partial charge is 0.360 e. The Bertz CT molecular complexity index is 365. The minimum atomic E-state index is -0.609. The van der Waals surface area contributed by atoms with E-state index in [0.29, 0.717) is 18.2 Å². The Hall–Kier alpha value is -1.90. The van der Waals surface area contributed by atoms with E-state index in [2.05, 4.69) is 15.6 Å². The number of primary amides is 1. The van der Waals surface area contributed by atoms with Gasteiger partial charge < -0.3 is 16.4 Å². The molecular formula is C6H9N5O3S. The smallest absolute Gasteiger partial charge is 0.345 e. The Morgan fingerprint density at radius 2 is 2.40 bits per heavy atom. The number of urea groups is 1. The first-order valence-corrected chi connectivity index (χ1v) is 4.78. The lowest BCUT2D eigenvalue weighted by Crippen LogP contribution is -2.33. The number of amides is 2. The molecule has 8 nitrogen and oxygen atoms in total. The summed E-state index contributed by atoms with van der Waals surface area (Å²) in [5, 5.41) is 15.9. The molecule has 1 aromatic rings. The van der Waals surface area contributed by atoms with Gasteiger partial charge in [0.25, 0.3) is 0 Å². The molecule has 0 fully saturated rings.